The van der Waals surface area contributed by atoms with Crippen LogP contribution in [0.2, 0.25) is 5.02 Å². The molecule has 1 aliphatic heterocycles. The van der Waals surface area contributed by atoms with E-state index in [4.69, 9.17) is 11.6 Å². The molecule has 0 atom stereocenters. The maximum atomic E-state index is 12.3. The average molecular weight is 436 g/mol. The van der Waals surface area contributed by atoms with E-state index in [-0.39, 0.29) is 10.1 Å². The number of sulfonamides is 1. The Hall–Kier alpha value is -1.09. The molecular formula is C14H12BrClN2O3S2. The van der Waals surface area contributed by atoms with Gasteiger partial charge in [-0.25, -0.2) is 8.42 Å². The molecule has 3 rings (SSSR count). The third-order valence-corrected chi connectivity index (χ3v) is 7.18. The number of amides is 1. The third kappa shape index (κ3) is 3.55. The number of hydrogen-bond donors (Lipinski definition) is 1. The summed E-state index contributed by atoms with van der Waals surface area (Å²) in [4.78, 5) is 13.4. The SMILES string of the molecule is O=C1CCCN1c1ccc(NS(=O)(=O)c2ccc(Br)s2)cc1Cl. The van der Waals surface area contributed by atoms with Crippen LogP contribution in [0.1, 0.15) is 12.8 Å². The number of carbonyl (C=O) groups excluding carboxylic acids is 1. The Balaban J connectivity index is 1.84. The van der Waals surface area contributed by atoms with Crippen molar-refractivity contribution in [2.75, 3.05) is 16.2 Å². The molecule has 2 heterocycles. The van der Waals surface area contributed by atoms with Gasteiger partial charge < -0.3 is 4.90 Å². The largest absolute Gasteiger partial charge is 0.311 e. The molecule has 0 unspecified atom stereocenters. The summed E-state index contributed by atoms with van der Waals surface area (Å²) in [5, 5.41) is 0.341. The van der Waals surface area contributed by atoms with Crippen molar-refractivity contribution < 1.29 is 13.2 Å². The zero-order valence-corrected chi connectivity index (χ0v) is 15.7. The number of halogens is 2. The van der Waals surface area contributed by atoms with Crippen LogP contribution in [0.4, 0.5) is 11.4 Å². The summed E-state index contributed by atoms with van der Waals surface area (Å²) in [7, 11) is -3.65. The summed E-state index contributed by atoms with van der Waals surface area (Å²) in [6.45, 7) is 0.632. The number of nitrogens with one attached hydrogen (secondary N) is 1. The number of nitrogens with zero attached hydrogens (tertiary/aromatic N) is 1. The van der Waals surface area contributed by atoms with Crippen LogP contribution in [0.25, 0.3) is 0 Å². The van der Waals surface area contributed by atoms with Gasteiger partial charge in [-0.1, -0.05) is 11.6 Å². The van der Waals surface area contributed by atoms with Gasteiger partial charge in [0.05, 0.1) is 20.2 Å². The smallest absolute Gasteiger partial charge is 0.271 e. The van der Waals surface area contributed by atoms with Crippen LogP contribution in [-0.4, -0.2) is 20.9 Å². The molecule has 5 nitrogen and oxygen atoms in total. The van der Waals surface area contributed by atoms with E-state index < -0.39 is 10.0 Å². The molecule has 0 aliphatic carbocycles. The Morgan fingerprint density at radius 1 is 1.26 bits per heavy atom. The van der Waals surface area contributed by atoms with Crippen LogP contribution in [0, 0.1) is 0 Å². The highest BCUT2D eigenvalue weighted by Crippen LogP contribution is 2.33. The van der Waals surface area contributed by atoms with Gasteiger partial charge in [-0.05, 0) is 52.7 Å². The summed E-state index contributed by atoms with van der Waals surface area (Å²) >= 11 is 10.6. The summed E-state index contributed by atoms with van der Waals surface area (Å²) in [5.41, 5.74) is 0.964. The van der Waals surface area contributed by atoms with Gasteiger partial charge in [0, 0.05) is 13.0 Å². The van der Waals surface area contributed by atoms with Crippen molar-refractivity contribution in [1.82, 2.24) is 0 Å². The Kier molecular flexibility index (Phi) is 4.68. The van der Waals surface area contributed by atoms with E-state index in [9.17, 15) is 13.2 Å². The summed E-state index contributed by atoms with van der Waals surface area (Å²) in [6, 6.07) is 7.98. The standard InChI is InChI=1S/C14H12BrClN2O3S2/c15-12-5-6-14(22-12)23(20,21)17-9-3-4-11(10(16)8-9)18-7-1-2-13(18)19/h3-6,8,17H,1-2,7H2. The molecule has 1 amide bonds. The van der Waals surface area contributed by atoms with Gasteiger partial charge in [0.25, 0.3) is 10.0 Å². The van der Waals surface area contributed by atoms with Gasteiger partial charge in [0.1, 0.15) is 4.21 Å². The maximum absolute atomic E-state index is 12.3. The fourth-order valence-corrected chi connectivity index (χ4v) is 5.68. The number of carbonyl (C=O) groups is 1. The highest BCUT2D eigenvalue weighted by Gasteiger charge is 2.24. The lowest BCUT2D eigenvalue weighted by atomic mass is 10.2. The molecule has 1 saturated heterocycles. The zero-order chi connectivity index (χ0) is 16.6. The first-order chi connectivity index (χ1) is 10.9. The maximum Gasteiger partial charge on any atom is 0.271 e. The Morgan fingerprint density at radius 2 is 2.04 bits per heavy atom. The molecule has 23 heavy (non-hydrogen) atoms. The summed E-state index contributed by atoms with van der Waals surface area (Å²) in [6.07, 6.45) is 1.31. The van der Waals surface area contributed by atoms with E-state index >= 15 is 0 Å². The Labute approximate surface area is 151 Å². The molecule has 122 valence electrons. The number of hydrogen-bond acceptors (Lipinski definition) is 4. The van der Waals surface area contributed by atoms with Crippen LogP contribution in [0.3, 0.4) is 0 Å². The normalized spacial score (nSPS) is 15.2. The first-order valence-electron chi connectivity index (χ1n) is 6.75. The fraction of sp³-hybridized carbons (Fsp3) is 0.214. The van der Waals surface area contributed by atoms with Crippen molar-refractivity contribution >= 4 is 66.2 Å². The van der Waals surface area contributed by atoms with Crippen LogP contribution in [0.5, 0.6) is 0 Å². The predicted molar refractivity (Wildman–Crippen MR) is 95.9 cm³/mol. The quantitative estimate of drug-likeness (QED) is 0.786. The van der Waals surface area contributed by atoms with Crippen molar-refractivity contribution in [2.45, 2.75) is 17.1 Å². The molecule has 1 aromatic heterocycles. The van der Waals surface area contributed by atoms with E-state index in [1.54, 1.807) is 23.1 Å². The molecule has 2 aromatic rings. The van der Waals surface area contributed by atoms with E-state index in [0.717, 1.165) is 21.5 Å². The highest BCUT2D eigenvalue weighted by atomic mass is 79.9. The predicted octanol–water partition coefficient (Wildman–Crippen LogP) is 4.09. The van der Waals surface area contributed by atoms with Crippen LogP contribution >= 0.6 is 38.9 Å². The van der Waals surface area contributed by atoms with Gasteiger partial charge in [-0.15, -0.1) is 11.3 Å². The molecule has 9 heteroatoms. The van der Waals surface area contributed by atoms with Crippen molar-refractivity contribution in [3.63, 3.8) is 0 Å². The second kappa shape index (κ2) is 6.43. The molecule has 0 spiro atoms. The lowest BCUT2D eigenvalue weighted by Crippen LogP contribution is -2.24. The van der Waals surface area contributed by atoms with Crippen molar-refractivity contribution in [2.24, 2.45) is 0 Å². The first kappa shape index (κ1) is 16.8. The van der Waals surface area contributed by atoms with Crippen LogP contribution in [0.15, 0.2) is 38.3 Å². The van der Waals surface area contributed by atoms with E-state index in [1.165, 1.54) is 12.1 Å². The monoisotopic (exact) mass is 434 g/mol. The molecule has 1 N–H and O–H groups in total. The second-order valence-corrected chi connectivity index (χ2v) is 9.76. The molecular weight excluding hydrogens is 424 g/mol. The second-order valence-electron chi connectivity index (χ2n) is 4.98. The first-order valence-corrected chi connectivity index (χ1v) is 10.2. The molecule has 1 aromatic carbocycles. The minimum atomic E-state index is -3.65. The molecule has 0 radical (unpaired) electrons. The van der Waals surface area contributed by atoms with Crippen LogP contribution in [-0.2, 0) is 14.8 Å². The summed E-state index contributed by atoms with van der Waals surface area (Å²) < 4.78 is 28.0. The van der Waals surface area contributed by atoms with Crippen molar-refractivity contribution in [3.05, 3.63) is 39.1 Å². The van der Waals surface area contributed by atoms with Gasteiger partial charge in [-0.3, -0.25) is 9.52 Å². The number of anilines is 2. The van der Waals surface area contributed by atoms with Gasteiger partial charge in [0.15, 0.2) is 0 Å². The van der Waals surface area contributed by atoms with E-state index in [1.807, 2.05) is 0 Å². The average Bonchev–Trinajstić information content (AvgIpc) is 3.08. The van der Waals surface area contributed by atoms with Gasteiger partial charge >= 0.3 is 0 Å². The lowest BCUT2D eigenvalue weighted by Gasteiger charge is -2.18. The number of benzene rings is 1. The van der Waals surface area contributed by atoms with Crippen LogP contribution < -0.4 is 9.62 Å². The number of rotatable bonds is 4. The van der Waals surface area contributed by atoms with E-state index in [0.29, 0.717) is 29.4 Å². The molecule has 0 bridgehead atoms. The Bertz CT molecular complexity index is 867. The lowest BCUT2D eigenvalue weighted by molar-refractivity contribution is -0.117. The number of thiophene rings is 1. The van der Waals surface area contributed by atoms with Crippen molar-refractivity contribution in [3.8, 4) is 0 Å². The third-order valence-electron chi connectivity index (χ3n) is 3.38. The van der Waals surface area contributed by atoms with Gasteiger partial charge in [0.2, 0.25) is 5.91 Å². The van der Waals surface area contributed by atoms with Gasteiger partial charge in [-0.2, -0.15) is 0 Å². The zero-order valence-electron chi connectivity index (χ0n) is 11.8. The highest BCUT2D eigenvalue weighted by molar-refractivity contribution is 9.11. The summed E-state index contributed by atoms with van der Waals surface area (Å²) in [5.74, 6) is 0.0312. The fourth-order valence-electron chi connectivity index (χ4n) is 2.34. The molecule has 1 aliphatic rings. The minimum Gasteiger partial charge on any atom is -0.311 e. The van der Waals surface area contributed by atoms with E-state index in [2.05, 4.69) is 20.7 Å². The molecule has 1 fully saturated rings. The minimum absolute atomic E-state index is 0.0312. The molecule has 0 saturated carbocycles. The van der Waals surface area contributed by atoms with Crippen molar-refractivity contribution in [1.29, 1.82) is 0 Å². The topological polar surface area (TPSA) is 66.5 Å². The Morgan fingerprint density at radius 3 is 2.61 bits per heavy atom.